The summed E-state index contributed by atoms with van der Waals surface area (Å²) in [6.45, 7) is 3.91. The number of hydrogen-bond acceptors (Lipinski definition) is 2. The quantitative estimate of drug-likeness (QED) is 0.619. The highest BCUT2D eigenvalue weighted by Gasteiger charge is 2.06. The van der Waals surface area contributed by atoms with Crippen LogP contribution in [0.3, 0.4) is 0 Å². The predicted octanol–water partition coefficient (Wildman–Crippen LogP) is 3.03. The number of rotatable bonds is 2. The molecule has 0 aliphatic rings. The Morgan fingerprint density at radius 2 is 2.12 bits per heavy atom. The fraction of sp³-hybridized carbons (Fsp3) is 0.167. The molecule has 0 radical (unpaired) electrons. The summed E-state index contributed by atoms with van der Waals surface area (Å²) in [4.78, 5) is 13.1. The van der Waals surface area contributed by atoms with E-state index in [4.69, 9.17) is 0 Å². The highest BCUT2D eigenvalue weighted by atomic mass is 16.6. The molecule has 1 N–H and O–H groups in total. The van der Waals surface area contributed by atoms with Gasteiger partial charge in [0.15, 0.2) is 0 Å². The molecule has 4 nitrogen and oxygen atoms in total. The van der Waals surface area contributed by atoms with Gasteiger partial charge in [-0.1, -0.05) is 11.6 Å². The van der Waals surface area contributed by atoms with E-state index >= 15 is 0 Å². The van der Waals surface area contributed by atoms with Crippen molar-refractivity contribution in [3.05, 3.63) is 51.3 Å². The lowest BCUT2D eigenvalue weighted by Gasteiger charge is -1.94. The summed E-state index contributed by atoms with van der Waals surface area (Å²) < 4.78 is 0. The Hall–Kier alpha value is -2.10. The zero-order valence-corrected chi connectivity index (χ0v) is 9.15. The molecule has 16 heavy (non-hydrogen) atoms. The standard InChI is InChI=1S/C12H12N2O2/c1-8-3-4-12-11(7-8)10(9(2)13-12)5-6-14(15)16/h3-7,13H,1-2H3/b6-5+. The van der Waals surface area contributed by atoms with Crippen LogP contribution < -0.4 is 0 Å². The van der Waals surface area contributed by atoms with Gasteiger partial charge in [0.05, 0.1) is 4.92 Å². The maximum absolute atomic E-state index is 10.3. The van der Waals surface area contributed by atoms with Crippen LogP contribution in [0, 0.1) is 24.0 Å². The molecule has 1 aromatic carbocycles. The van der Waals surface area contributed by atoms with Gasteiger partial charge in [-0.3, -0.25) is 10.1 Å². The van der Waals surface area contributed by atoms with Crippen LogP contribution >= 0.6 is 0 Å². The average molecular weight is 216 g/mol. The highest BCUT2D eigenvalue weighted by molar-refractivity contribution is 5.90. The van der Waals surface area contributed by atoms with E-state index in [0.29, 0.717) is 0 Å². The van der Waals surface area contributed by atoms with Gasteiger partial charge < -0.3 is 4.98 Å². The normalized spacial score (nSPS) is 11.4. The second-order valence-electron chi connectivity index (χ2n) is 3.81. The van der Waals surface area contributed by atoms with Crippen LogP contribution in [-0.2, 0) is 0 Å². The Balaban J connectivity index is 2.62. The monoisotopic (exact) mass is 216 g/mol. The van der Waals surface area contributed by atoms with E-state index in [-0.39, 0.29) is 0 Å². The summed E-state index contributed by atoms with van der Waals surface area (Å²) in [6, 6.07) is 6.03. The smallest absolute Gasteiger partial charge is 0.235 e. The Labute approximate surface area is 92.7 Å². The van der Waals surface area contributed by atoms with Crippen LogP contribution in [-0.4, -0.2) is 9.91 Å². The molecule has 1 heterocycles. The Kier molecular flexibility index (Phi) is 2.48. The van der Waals surface area contributed by atoms with Crippen LogP contribution in [0.15, 0.2) is 24.4 Å². The summed E-state index contributed by atoms with van der Waals surface area (Å²) in [6.07, 6.45) is 2.51. The number of hydrogen-bond donors (Lipinski definition) is 1. The van der Waals surface area contributed by atoms with E-state index in [9.17, 15) is 10.1 Å². The number of aryl methyl sites for hydroxylation is 2. The SMILES string of the molecule is Cc1ccc2[nH]c(C)c(/C=C/[N+](=O)[O-])c2c1. The zero-order chi connectivity index (χ0) is 11.7. The molecule has 0 fully saturated rings. The van der Waals surface area contributed by atoms with Gasteiger partial charge in [-0.2, -0.15) is 0 Å². The molecular weight excluding hydrogens is 204 g/mol. The van der Waals surface area contributed by atoms with E-state index < -0.39 is 4.92 Å². The molecule has 2 rings (SSSR count). The molecule has 2 aromatic rings. The van der Waals surface area contributed by atoms with Gasteiger partial charge in [-0.25, -0.2) is 0 Å². The highest BCUT2D eigenvalue weighted by Crippen LogP contribution is 2.24. The molecule has 0 unspecified atom stereocenters. The van der Waals surface area contributed by atoms with Crippen LogP contribution in [0.2, 0.25) is 0 Å². The molecule has 4 heteroatoms. The largest absolute Gasteiger partial charge is 0.358 e. The summed E-state index contributed by atoms with van der Waals surface area (Å²) in [5.41, 5.74) is 3.97. The van der Waals surface area contributed by atoms with Crippen LogP contribution in [0.1, 0.15) is 16.8 Å². The van der Waals surface area contributed by atoms with Gasteiger partial charge in [-0.05, 0) is 26.0 Å². The minimum Gasteiger partial charge on any atom is -0.358 e. The Morgan fingerprint density at radius 1 is 1.38 bits per heavy atom. The van der Waals surface area contributed by atoms with Crippen molar-refractivity contribution in [3.63, 3.8) is 0 Å². The van der Waals surface area contributed by atoms with E-state index in [0.717, 1.165) is 33.9 Å². The van der Waals surface area contributed by atoms with Gasteiger partial charge in [0, 0.05) is 28.2 Å². The lowest BCUT2D eigenvalue weighted by atomic mass is 10.1. The third-order valence-electron chi connectivity index (χ3n) is 2.55. The number of fused-ring (bicyclic) bond motifs is 1. The van der Waals surface area contributed by atoms with E-state index in [2.05, 4.69) is 4.98 Å². The number of nitro groups is 1. The second-order valence-corrected chi connectivity index (χ2v) is 3.81. The topological polar surface area (TPSA) is 58.9 Å². The molecule has 1 aromatic heterocycles. The van der Waals surface area contributed by atoms with E-state index in [1.165, 1.54) is 6.08 Å². The summed E-state index contributed by atoms with van der Waals surface area (Å²) in [5, 5.41) is 11.3. The minimum absolute atomic E-state index is 0.450. The number of nitrogens with zero attached hydrogens (tertiary/aromatic N) is 1. The van der Waals surface area contributed by atoms with Crippen molar-refractivity contribution < 1.29 is 4.92 Å². The first kappa shape index (κ1) is 10.4. The van der Waals surface area contributed by atoms with Crippen molar-refractivity contribution in [2.24, 2.45) is 0 Å². The third kappa shape index (κ3) is 1.82. The van der Waals surface area contributed by atoms with Gasteiger partial charge in [-0.15, -0.1) is 0 Å². The average Bonchev–Trinajstić information content (AvgIpc) is 2.51. The number of H-pyrrole nitrogens is 1. The molecule has 0 saturated heterocycles. The minimum atomic E-state index is -0.450. The fourth-order valence-electron chi connectivity index (χ4n) is 1.81. The summed E-state index contributed by atoms with van der Waals surface area (Å²) >= 11 is 0. The number of aromatic amines is 1. The van der Waals surface area contributed by atoms with Gasteiger partial charge >= 0.3 is 0 Å². The lowest BCUT2D eigenvalue weighted by Crippen LogP contribution is -1.83. The van der Waals surface area contributed by atoms with E-state index in [1.807, 2.05) is 32.0 Å². The van der Waals surface area contributed by atoms with Crippen molar-refractivity contribution in [3.8, 4) is 0 Å². The van der Waals surface area contributed by atoms with Gasteiger partial charge in [0.25, 0.3) is 0 Å². The summed E-state index contributed by atoms with van der Waals surface area (Å²) in [5.74, 6) is 0. The molecular formula is C12H12N2O2. The van der Waals surface area contributed by atoms with Crippen molar-refractivity contribution in [1.82, 2.24) is 4.98 Å². The van der Waals surface area contributed by atoms with Crippen LogP contribution in [0.25, 0.3) is 17.0 Å². The molecule has 0 bridgehead atoms. The van der Waals surface area contributed by atoms with E-state index in [1.54, 1.807) is 0 Å². The van der Waals surface area contributed by atoms with Crippen molar-refractivity contribution in [2.45, 2.75) is 13.8 Å². The van der Waals surface area contributed by atoms with Crippen LogP contribution in [0.5, 0.6) is 0 Å². The Morgan fingerprint density at radius 3 is 2.81 bits per heavy atom. The maximum atomic E-state index is 10.3. The predicted molar refractivity (Wildman–Crippen MR) is 63.8 cm³/mol. The first-order valence-electron chi connectivity index (χ1n) is 4.98. The zero-order valence-electron chi connectivity index (χ0n) is 9.15. The van der Waals surface area contributed by atoms with Gasteiger partial charge in [0.1, 0.15) is 0 Å². The second kappa shape index (κ2) is 3.81. The number of benzene rings is 1. The van der Waals surface area contributed by atoms with Crippen LogP contribution in [0.4, 0.5) is 0 Å². The van der Waals surface area contributed by atoms with Crippen molar-refractivity contribution in [2.75, 3.05) is 0 Å². The molecule has 0 amide bonds. The lowest BCUT2D eigenvalue weighted by molar-refractivity contribution is -0.400. The number of aromatic nitrogens is 1. The Bertz CT molecular complexity index is 582. The maximum Gasteiger partial charge on any atom is 0.235 e. The number of nitrogens with one attached hydrogen (secondary N) is 1. The van der Waals surface area contributed by atoms with Crippen molar-refractivity contribution >= 4 is 17.0 Å². The molecule has 0 atom stereocenters. The summed E-state index contributed by atoms with van der Waals surface area (Å²) in [7, 11) is 0. The molecule has 82 valence electrons. The first-order valence-corrected chi connectivity index (χ1v) is 4.98. The first-order chi connectivity index (χ1) is 7.58. The molecule has 0 aliphatic heterocycles. The molecule has 0 aliphatic carbocycles. The van der Waals surface area contributed by atoms with Gasteiger partial charge in [0.2, 0.25) is 6.20 Å². The van der Waals surface area contributed by atoms with Crippen molar-refractivity contribution in [1.29, 1.82) is 0 Å². The molecule has 0 spiro atoms. The fourth-order valence-corrected chi connectivity index (χ4v) is 1.81. The molecule has 0 saturated carbocycles. The third-order valence-corrected chi connectivity index (χ3v) is 2.55.